The van der Waals surface area contributed by atoms with Crippen LogP contribution in [-0.2, 0) is 14.3 Å². The van der Waals surface area contributed by atoms with Crippen LogP contribution in [0.4, 0.5) is 5.69 Å². The van der Waals surface area contributed by atoms with Gasteiger partial charge >= 0.3 is 5.97 Å². The maximum Gasteiger partial charge on any atom is 0.337 e. The molecule has 0 saturated carbocycles. The van der Waals surface area contributed by atoms with Gasteiger partial charge in [-0.25, -0.2) is 4.79 Å². The van der Waals surface area contributed by atoms with E-state index in [2.05, 4.69) is 16.7 Å². The van der Waals surface area contributed by atoms with Crippen molar-refractivity contribution in [3.63, 3.8) is 0 Å². The zero-order valence-electron chi connectivity index (χ0n) is 20.2. The van der Waals surface area contributed by atoms with Gasteiger partial charge in [0.2, 0.25) is 5.91 Å². The van der Waals surface area contributed by atoms with E-state index in [4.69, 9.17) is 20.8 Å². The Hall–Kier alpha value is -3.93. The second kappa shape index (κ2) is 11.9. The molecule has 1 aliphatic heterocycles. The van der Waals surface area contributed by atoms with Crippen molar-refractivity contribution in [2.45, 2.75) is 19.8 Å². The van der Waals surface area contributed by atoms with Crippen molar-refractivity contribution in [3.05, 3.63) is 105 Å². The lowest BCUT2D eigenvalue weighted by molar-refractivity contribution is -0.138. The standard InChI is InChI=1S/C28H24ClN3O4S/c1-3-35-28(34)25-24(22-13-8-14-36-22)19(15-30)27(32-26(25)18-9-5-4-6-10-18)37-16-23(33)31-21-12-7-11-20(29)17(21)2/h4-14,24,32H,3,16H2,1-2H3,(H,31,33)/t24-/m1/s1. The Bertz CT molecular complexity index is 1410. The highest BCUT2D eigenvalue weighted by molar-refractivity contribution is 8.03. The summed E-state index contributed by atoms with van der Waals surface area (Å²) in [5.41, 5.74) is 3.13. The number of hydrogen-bond acceptors (Lipinski definition) is 7. The number of furan rings is 1. The Morgan fingerprint density at radius 3 is 2.62 bits per heavy atom. The fourth-order valence-corrected chi connectivity index (χ4v) is 4.98. The van der Waals surface area contributed by atoms with Gasteiger partial charge in [-0.1, -0.05) is 59.8 Å². The van der Waals surface area contributed by atoms with E-state index >= 15 is 0 Å². The molecule has 0 unspecified atom stereocenters. The molecule has 0 saturated heterocycles. The normalized spacial score (nSPS) is 15.1. The number of thioether (sulfide) groups is 1. The van der Waals surface area contributed by atoms with Crippen molar-refractivity contribution in [2.75, 3.05) is 17.7 Å². The van der Waals surface area contributed by atoms with Crippen LogP contribution in [0.15, 0.2) is 87.5 Å². The number of nitriles is 1. The first-order valence-electron chi connectivity index (χ1n) is 11.5. The molecule has 2 aromatic carbocycles. The molecule has 0 bridgehead atoms. The molecule has 9 heteroatoms. The molecule has 0 radical (unpaired) electrons. The number of benzene rings is 2. The highest BCUT2D eigenvalue weighted by Gasteiger charge is 2.38. The maximum atomic E-state index is 13.2. The van der Waals surface area contributed by atoms with Crippen molar-refractivity contribution in [3.8, 4) is 6.07 Å². The summed E-state index contributed by atoms with van der Waals surface area (Å²) in [6.45, 7) is 3.72. The fraction of sp³-hybridized carbons (Fsp3) is 0.179. The Morgan fingerprint density at radius 2 is 1.95 bits per heavy atom. The molecule has 0 fully saturated rings. The summed E-state index contributed by atoms with van der Waals surface area (Å²) in [5, 5.41) is 17.3. The highest BCUT2D eigenvalue weighted by atomic mass is 35.5. The monoisotopic (exact) mass is 533 g/mol. The van der Waals surface area contributed by atoms with Gasteiger partial charge < -0.3 is 19.8 Å². The number of allylic oxidation sites excluding steroid dienone is 1. The van der Waals surface area contributed by atoms with E-state index in [1.807, 2.05) is 37.3 Å². The Kier molecular flexibility index (Phi) is 8.39. The van der Waals surface area contributed by atoms with E-state index < -0.39 is 11.9 Å². The molecule has 0 spiro atoms. The molecule has 1 aromatic heterocycles. The molecule has 0 aliphatic carbocycles. The first-order valence-corrected chi connectivity index (χ1v) is 12.9. The summed E-state index contributed by atoms with van der Waals surface area (Å²) in [5.74, 6) is -1.19. The van der Waals surface area contributed by atoms with Crippen molar-refractivity contribution in [2.24, 2.45) is 0 Å². The van der Waals surface area contributed by atoms with Crippen LogP contribution in [0.5, 0.6) is 0 Å². The van der Waals surface area contributed by atoms with Gasteiger partial charge in [0.15, 0.2) is 0 Å². The number of hydrogen-bond donors (Lipinski definition) is 2. The topological polar surface area (TPSA) is 104 Å². The Labute approximate surface area is 224 Å². The predicted molar refractivity (Wildman–Crippen MR) is 144 cm³/mol. The quantitative estimate of drug-likeness (QED) is 0.342. The van der Waals surface area contributed by atoms with Gasteiger partial charge in [0.05, 0.1) is 52.5 Å². The van der Waals surface area contributed by atoms with Crippen LogP contribution < -0.4 is 10.6 Å². The summed E-state index contributed by atoms with van der Waals surface area (Å²) >= 11 is 7.34. The van der Waals surface area contributed by atoms with E-state index in [9.17, 15) is 14.9 Å². The summed E-state index contributed by atoms with van der Waals surface area (Å²) in [6, 6.07) is 20.2. The maximum absolute atomic E-state index is 13.2. The van der Waals surface area contributed by atoms with Crippen molar-refractivity contribution in [1.29, 1.82) is 5.26 Å². The number of esters is 1. The van der Waals surface area contributed by atoms with Gasteiger partial charge in [0.1, 0.15) is 5.76 Å². The SMILES string of the molecule is CCOC(=O)C1=C(c2ccccc2)NC(SCC(=O)Nc2cccc(Cl)c2C)=C(C#N)[C@@H]1c1ccco1. The molecule has 37 heavy (non-hydrogen) atoms. The van der Waals surface area contributed by atoms with E-state index in [1.165, 1.54) is 18.0 Å². The van der Waals surface area contributed by atoms with Crippen LogP contribution in [0.2, 0.25) is 5.02 Å². The Morgan fingerprint density at radius 1 is 1.16 bits per heavy atom. The minimum atomic E-state index is -0.809. The number of carbonyl (C=O) groups is 2. The third-order valence-corrected chi connectivity index (χ3v) is 7.15. The number of ether oxygens (including phenoxy) is 1. The molecule has 1 atom stereocenters. The van der Waals surface area contributed by atoms with Crippen LogP contribution in [-0.4, -0.2) is 24.2 Å². The zero-order chi connectivity index (χ0) is 26.4. The largest absolute Gasteiger partial charge is 0.468 e. The van der Waals surface area contributed by atoms with Crippen LogP contribution in [0, 0.1) is 18.3 Å². The van der Waals surface area contributed by atoms with Crippen LogP contribution in [0.25, 0.3) is 5.70 Å². The summed E-state index contributed by atoms with van der Waals surface area (Å²) in [7, 11) is 0. The molecule has 2 N–H and O–H groups in total. The lowest BCUT2D eigenvalue weighted by Gasteiger charge is -2.29. The van der Waals surface area contributed by atoms with Gasteiger partial charge in [0, 0.05) is 10.7 Å². The van der Waals surface area contributed by atoms with Gasteiger partial charge in [-0.05, 0) is 49.2 Å². The molecule has 3 aromatic rings. The average Bonchev–Trinajstić information content (AvgIpc) is 3.44. The van der Waals surface area contributed by atoms with Gasteiger partial charge in [0.25, 0.3) is 0 Å². The first kappa shape index (κ1) is 26.1. The number of amides is 1. The van der Waals surface area contributed by atoms with Crippen LogP contribution in [0.3, 0.4) is 0 Å². The van der Waals surface area contributed by atoms with Crippen molar-refractivity contribution < 1.29 is 18.7 Å². The van der Waals surface area contributed by atoms with Gasteiger partial charge in [-0.15, -0.1) is 0 Å². The third-order valence-electron chi connectivity index (χ3n) is 5.73. The summed E-state index contributed by atoms with van der Waals surface area (Å²) in [6.07, 6.45) is 1.49. The zero-order valence-corrected chi connectivity index (χ0v) is 21.8. The molecular weight excluding hydrogens is 510 g/mol. The number of nitrogens with zero attached hydrogens (tertiary/aromatic N) is 1. The van der Waals surface area contributed by atoms with Gasteiger partial charge in [-0.3, -0.25) is 4.79 Å². The number of anilines is 1. The van der Waals surface area contributed by atoms with E-state index in [0.29, 0.717) is 27.2 Å². The molecule has 1 amide bonds. The first-order chi connectivity index (χ1) is 17.9. The molecule has 2 heterocycles. The lowest BCUT2D eigenvalue weighted by atomic mass is 9.84. The predicted octanol–water partition coefficient (Wildman–Crippen LogP) is 6.01. The molecule has 188 valence electrons. The summed E-state index contributed by atoms with van der Waals surface area (Å²) in [4.78, 5) is 26.0. The average molecular weight is 534 g/mol. The van der Waals surface area contributed by atoms with Gasteiger partial charge in [-0.2, -0.15) is 5.26 Å². The van der Waals surface area contributed by atoms with E-state index in [1.54, 1.807) is 37.3 Å². The highest BCUT2D eigenvalue weighted by Crippen LogP contribution is 2.43. The fourth-order valence-electron chi connectivity index (χ4n) is 3.97. The Balaban J connectivity index is 1.71. The van der Waals surface area contributed by atoms with E-state index in [0.717, 1.165) is 11.1 Å². The molecule has 4 rings (SSSR count). The number of rotatable bonds is 8. The number of carbonyl (C=O) groups excluding carboxylic acids is 2. The second-order valence-corrected chi connectivity index (χ2v) is 9.45. The third kappa shape index (κ3) is 5.74. The number of nitrogens with one attached hydrogen (secondary N) is 2. The smallest absolute Gasteiger partial charge is 0.337 e. The number of halogens is 1. The molecule has 7 nitrogen and oxygen atoms in total. The molecular formula is C28H24ClN3O4S. The van der Waals surface area contributed by atoms with Crippen LogP contribution in [0.1, 0.15) is 29.7 Å². The van der Waals surface area contributed by atoms with E-state index in [-0.39, 0.29) is 29.4 Å². The lowest BCUT2D eigenvalue weighted by Crippen LogP contribution is -2.29. The van der Waals surface area contributed by atoms with Crippen molar-refractivity contribution in [1.82, 2.24) is 5.32 Å². The molecule has 1 aliphatic rings. The second-order valence-electron chi connectivity index (χ2n) is 8.05. The van der Waals surface area contributed by atoms with Crippen molar-refractivity contribution >= 4 is 46.6 Å². The minimum Gasteiger partial charge on any atom is -0.468 e. The number of dihydropyridines is 1. The minimum absolute atomic E-state index is 0.0150. The van der Waals surface area contributed by atoms with Crippen LogP contribution >= 0.6 is 23.4 Å². The summed E-state index contributed by atoms with van der Waals surface area (Å²) < 4.78 is 11.1.